The third-order valence-electron chi connectivity index (χ3n) is 1.32. The highest BCUT2D eigenvalue weighted by molar-refractivity contribution is 7.15. The number of anilines is 1. The fourth-order valence-corrected chi connectivity index (χ4v) is 1.65. The van der Waals surface area contributed by atoms with Gasteiger partial charge in [0.15, 0.2) is 0 Å². The van der Waals surface area contributed by atoms with Crippen molar-refractivity contribution >= 4 is 16.3 Å². The first-order chi connectivity index (χ1) is 4.24. The van der Waals surface area contributed by atoms with Gasteiger partial charge in [0, 0.05) is 10.9 Å². The minimum Gasteiger partial charge on any atom is -0.390 e. The molecule has 1 aromatic rings. The average molecular weight is 140 g/mol. The number of nitrogen functional groups attached to an aromatic ring is 1. The number of nitrogens with two attached hydrogens (primary N) is 1. The van der Waals surface area contributed by atoms with E-state index < -0.39 is 0 Å². The molecule has 0 spiro atoms. The van der Waals surface area contributed by atoms with Crippen LogP contribution in [0.4, 0.5) is 5.00 Å². The Morgan fingerprint density at radius 1 is 1.67 bits per heavy atom. The zero-order valence-corrected chi connectivity index (χ0v) is 6.51. The molecule has 1 nitrogen and oxygen atoms in total. The molecule has 9 heavy (non-hydrogen) atoms. The van der Waals surface area contributed by atoms with E-state index in [1.54, 1.807) is 11.3 Å². The average Bonchev–Trinajstić information content (AvgIpc) is 2.10. The minimum absolute atomic E-state index is 0.810. The first kappa shape index (κ1) is 6.62. The van der Waals surface area contributed by atoms with Gasteiger partial charge in [0.25, 0.3) is 0 Å². The van der Waals surface area contributed by atoms with Gasteiger partial charge in [0.05, 0.1) is 5.00 Å². The quantitative estimate of drug-likeness (QED) is 0.634. The van der Waals surface area contributed by atoms with E-state index in [0.29, 0.717) is 0 Å². The Morgan fingerprint density at radius 2 is 2.33 bits per heavy atom. The molecule has 0 unspecified atom stereocenters. The SMILES string of the molecule is CCc1[c]c(N)sc1C. The Kier molecular flexibility index (Phi) is 1.76. The van der Waals surface area contributed by atoms with Gasteiger partial charge in [-0.2, -0.15) is 0 Å². The van der Waals surface area contributed by atoms with Crippen molar-refractivity contribution in [1.29, 1.82) is 0 Å². The molecule has 1 aromatic heterocycles. The molecule has 0 aliphatic carbocycles. The van der Waals surface area contributed by atoms with Gasteiger partial charge >= 0.3 is 0 Å². The van der Waals surface area contributed by atoms with Crippen LogP contribution in [0.15, 0.2) is 0 Å². The molecule has 2 heteroatoms. The smallest absolute Gasteiger partial charge is 0.0942 e. The molecular formula is C7H10NS. The van der Waals surface area contributed by atoms with Crippen LogP contribution >= 0.6 is 11.3 Å². The maximum Gasteiger partial charge on any atom is 0.0942 e. The topological polar surface area (TPSA) is 26.0 Å². The van der Waals surface area contributed by atoms with Crippen LogP contribution in [0.5, 0.6) is 0 Å². The van der Waals surface area contributed by atoms with E-state index in [0.717, 1.165) is 11.4 Å². The monoisotopic (exact) mass is 140 g/mol. The maximum atomic E-state index is 5.52. The summed E-state index contributed by atoms with van der Waals surface area (Å²) < 4.78 is 0. The van der Waals surface area contributed by atoms with E-state index in [-0.39, 0.29) is 0 Å². The van der Waals surface area contributed by atoms with Crippen molar-refractivity contribution in [2.45, 2.75) is 20.3 Å². The summed E-state index contributed by atoms with van der Waals surface area (Å²) in [6.07, 6.45) is 1.04. The molecule has 0 fully saturated rings. The maximum absolute atomic E-state index is 5.52. The molecule has 0 saturated carbocycles. The zero-order chi connectivity index (χ0) is 6.85. The van der Waals surface area contributed by atoms with Gasteiger partial charge in [-0.15, -0.1) is 11.3 Å². The summed E-state index contributed by atoms with van der Waals surface area (Å²) in [7, 11) is 0. The third-order valence-corrected chi connectivity index (χ3v) is 2.19. The van der Waals surface area contributed by atoms with Crippen molar-refractivity contribution in [3.05, 3.63) is 16.5 Å². The molecule has 0 bridgehead atoms. The molecule has 0 saturated heterocycles. The summed E-state index contributed by atoms with van der Waals surface area (Å²) in [4.78, 5) is 1.30. The third kappa shape index (κ3) is 1.24. The lowest BCUT2D eigenvalue weighted by Crippen LogP contribution is -1.78. The fourth-order valence-electron chi connectivity index (χ4n) is 0.826. The lowest BCUT2D eigenvalue weighted by atomic mass is 10.2. The van der Waals surface area contributed by atoms with E-state index in [1.807, 2.05) is 0 Å². The normalized spacial score (nSPS) is 10.0. The van der Waals surface area contributed by atoms with Crippen LogP contribution in [0.25, 0.3) is 0 Å². The summed E-state index contributed by atoms with van der Waals surface area (Å²) in [6, 6.07) is 3.09. The summed E-state index contributed by atoms with van der Waals surface area (Å²) in [5, 5.41) is 0.810. The van der Waals surface area contributed by atoms with Crippen molar-refractivity contribution in [2.24, 2.45) is 0 Å². The predicted octanol–water partition coefficient (Wildman–Crippen LogP) is 2.00. The van der Waals surface area contributed by atoms with Gasteiger partial charge < -0.3 is 5.73 Å². The van der Waals surface area contributed by atoms with Gasteiger partial charge in [-0.05, 0) is 18.9 Å². The molecule has 0 aromatic carbocycles. The molecule has 0 atom stereocenters. The fraction of sp³-hybridized carbons (Fsp3) is 0.429. The summed E-state index contributed by atoms with van der Waals surface area (Å²) in [5.41, 5.74) is 6.78. The lowest BCUT2D eigenvalue weighted by molar-refractivity contribution is 1.13. The van der Waals surface area contributed by atoms with Crippen molar-refractivity contribution < 1.29 is 0 Å². The molecule has 2 N–H and O–H groups in total. The van der Waals surface area contributed by atoms with Crippen molar-refractivity contribution in [3.63, 3.8) is 0 Å². The largest absolute Gasteiger partial charge is 0.390 e. The molecule has 1 rings (SSSR count). The van der Waals surface area contributed by atoms with Gasteiger partial charge in [-0.1, -0.05) is 6.92 Å². The number of hydrogen-bond donors (Lipinski definition) is 1. The molecule has 49 valence electrons. The van der Waals surface area contributed by atoms with Crippen LogP contribution < -0.4 is 5.73 Å². The van der Waals surface area contributed by atoms with Crippen LogP contribution in [0.3, 0.4) is 0 Å². The molecule has 0 amide bonds. The number of thiophene rings is 1. The summed E-state index contributed by atoms with van der Waals surface area (Å²) >= 11 is 1.62. The van der Waals surface area contributed by atoms with Crippen LogP contribution in [-0.4, -0.2) is 0 Å². The van der Waals surface area contributed by atoms with Gasteiger partial charge in [-0.25, -0.2) is 0 Å². The molecule has 0 aliphatic rings. The second-order valence-electron chi connectivity index (χ2n) is 1.98. The molecule has 1 radical (unpaired) electrons. The number of hydrogen-bond acceptors (Lipinski definition) is 2. The standard InChI is InChI=1S/C7H10NS/c1-3-6-4-7(8)9-5(6)2/h3,8H2,1-2H3. The molecule has 0 aliphatic heterocycles. The Morgan fingerprint density at radius 3 is 2.56 bits per heavy atom. The Hall–Kier alpha value is -0.500. The van der Waals surface area contributed by atoms with E-state index >= 15 is 0 Å². The summed E-state index contributed by atoms with van der Waals surface area (Å²) in [6.45, 7) is 4.20. The zero-order valence-electron chi connectivity index (χ0n) is 5.69. The lowest BCUT2D eigenvalue weighted by Gasteiger charge is -1.86. The summed E-state index contributed by atoms with van der Waals surface area (Å²) in [5.74, 6) is 0. The highest BCUT2D eigenvalue weighted by atomic mass is 32.1. The van der Waals surface area contributed by atoms with E-state index in [4.69, 9.17) is 5.73 Å². The predicted molar refractivity (Wildman–Crippen MR) is 41.7 cm³/mol. The van der Waals surface area contributed by atoms with Gasteiger partial charge in [0.2, 0.25) is 0 Å². The van der Waals surface area contributed by atoms with E-state index in [1.165, 1.54) is 10.4 Å². The van der Waals surface area contributed by atoms with Crippen molar-refractivity contribution in [3.8, 4) is 0 Å². The minimum atomic E-state index is 0.810. The van der Waals surface area contributed by atoms with Crippen LogP contribution in [0, 0.1) is 13.0 Å². The van der Waals surface area contributed by atoms with Gasteiger partial charge in [-0.3, -0.25) is 0 Å². The van der Waals surface area contributed by atoms with E-state index in [2.05, 4.69) is 19.9 Å². The Labute approximate surface area is 59.5 Å². The van der Waals surface area contributed by atoms with Gasteiger partial charge in [0.1, 0.15) is 0 Å². The van der Waals surface area contributed by atoms with Crippen LogP contribution in [0.1, 0.15) is 17.4 Å². The first-order valence-corrected chi connectivity index (χ1v) is 3.82. The van der Waals surface area contributed by atoms with Crippen molar-refractivity contribution in [1.82, 2.24) is 0 Å². The van der Waals surface area contributed by atoms with E-state index in [9.17, 15) is 0 Å². The van der Waals surface area contributed by atoms with Crippen molar-refractivity contribution in [2.75, 3.05) is 5.73 Å². The number of aryl methyl sites for hydroxylation is 2. The highest BCUT2D eigenvalue weighted by Gasteiger charge is 1.99. The highest BCUT2D eigenvalue weighted by Crippen LogP contribution is 2.22. The second kappa shape index (κ2) is 2.40. The second-order valence-corrected chi connectivity index (χ2v) is 3.24. The first-order valence-electron chi connectivity index (χ1n) is 3.01. The van der Waals surface area contributed by atoms with Crippen LogP contribution in [-0.2, 0) is 6.42 Å². The Balaban J connectivity index is 3.01. The number of rotatable bonds is 1. The molecular weight excluding hydrogens is 130 g/mol. The van der Waals surface area contributed by atoms with Crippen LogP contribution in [0.2, 0.25) is 0 Å². The molecule has 1 heterocycles. The Bertz CT molecular complexity index is 203.